The number of carbonyl (C=O) groups is 1. The largest absolute Gasteiger partial charge is 0.435 e. The molecule has 0 aliphatic rings. The van der Waals surface area contributed by atoms with Crippen molar-refractivity contribution in [2.24, 2.45) is 7.05 Å². The van der Waals surface area contributed by atoms with Crippen molar-refractivity contribution in [3.63, 3.8) is 0 Å². The van der Waals surface area contributed by atoms with Gasteiger partial charge < -0.3 is 15.4 Å². The van der Waals surface area contributed by atoms with Crippen molar-refractivity contribution >= 4 is 32.9 Å². The monoisotopic (exact) mass is 451 g/mol. The van der Waals surface area contributed by atoms with Crippen molar-refractivity contribution < 1.29 is 26.7 Å². The molecule has 1 amide bonds. The predicted molar refractivity (Wildman–Crippen MR) is 110 cm³/mol. The average Bonchev–Trinajstić information content (AvgIpc) is 3.06. The van der Waals surface area contributed by atoms with Crippen LogP contribution in [0.4, 0.5) is 26.0 Å². The second kappa shape index (κ2) is 8.68. The van der Waals surface area contributed by atoms with E-state index in [0.29, 0.717) is 16.9 Å². The first-order valence-electron chi connectivity index (χ1n) is 8.86. The molecule has 2 aromatic heterocycles. The lowest BCUT2D eigenvalue weighted by atomic mass is 10.1. The molecular formula is C19H19F2N5O4S. The Morgan fingerprint density at radius 3 is 2.55 bits per heavy atom. The number of sulfone groups is 1. The maximum absolute atomic E-state index is 12.7. The summed E-state index contributed by atoms with van der Waals surface area (Å²) in [5, 5.41) is 9.86. The highest BCUT2D eigenvalue weighted by molar-refractivity contribution is 7.90. The van der Waals surface area contributed by atoms with Crippen molar-refractivity contribution in [1.82, 2.24) is 14.8 Å². The average molecular weight is 451 g/mol. The molecule has 1 aromatic carbocycles. The Morgan fingerprint density at radius 2 is 1.97 bits per heavy atom. The number of hydrogen-bond donors (Lipinski definition) is 2. The van der Waals surface area contributed by atoms with Crippen LogP contribution in [-0.4, -0.2) is 42.0 Å². The Labute approximate surface area is 177 Å². The summed E-state index contributed by atoms with van der Waals surface area (Å²) in [6, 6.07) is 6.79. The molecule has 0 saturated heterocycles. The van der Waals surface area contributed by atoms with E-state index in [1.807, 2.05) is 0 Å². The summed E-state index contributed by atoms with van der Waals surface area (Å²) < 4.78 is 55.4. The van der Waals surface area contributed by atoms with Crippen LogP contribution in [0.25, 0.3) is 11.3 Å². The maximum atomic E-state index is 12.7. The van der Waals surface area contributed by atoms with E-state index in [1.165, 1.54) is 31.3 Å². The third kappa shape index (κ3) is 5.75. The summed E-state index contributed by atoms with van der Waals surface area (Å²) in [6.45, 7) is -1.80. The van der Waals surface area contributed by atoms with E-state index in [0.717, 1.165) is 12.3 Å². The van der Waals surface area contributed by atoms with E-state index in [2.05, 4.69) is 25.5 Å². The van der Waals surface area contributed by atoms with Gasteiger partial charge in [0.05, 0.1) is 16.3 Å². The van der Waals surface area contributed by atoms with Gasteiger partial charge in [-0.15, -0.1) is 0 Å². The number of ether oxygens (including phenoxy) is 1. The highest BCUT2D eigenvalue weighted by Gasteiger charge is 2.16. The Hall–Kier alpha value is -3.54. The summed E-state index contributed by atoms with van der Waals surface area (Å²) in [7, 11) is -1.97. The first-order valence-corrected chi connectivity index (χ1v) is 10.7. The Kier molecular flexibility index (Phi) is 6.20. The molecule has 0 unspecified atom stereocenters. The lowest BCUT2D eigenvalue weighted by Crippen LogP contribution is -2.08. The molecule has 2 N–H and O–H groups in total. The Balaban J connectivity index is 2.10. The number of carbonyl (C=O) groups excluding carboxylic acids is 1. The number of aryl methyl sites for hydroxylation is 1. The smallest absolute Gasteiger partial charge is 0.387 e. The van der Waals surface area contributed by atoms with Crippen LogP contribution in [0, 0.1) is 0 Å². The fourth-order valence-electron chi connectivity index (χ4n) is 2.75. The highest BCUT2D eigenvalue weighted by Crippen LogP contribution is 2.33. The molecule has 0 spiro atoms. The van der Waals surface area contributed by atoms with Gasteiger partial charge in [0, 0.05) is 56.0 Å². The van der Waals surface area contributed by atoms with Gasteiger partial charge in [0.25, 0.3) is 0 Å². The van der Waals surface area contributed by atoms with Crippen LogP contribution in [-0.2, 0) is 21.7 Å². The van der Waals surface area contributed by atoms with Gasteiger partial charge in [-0.2, -0.15) is 13.9 Å². The van der Waals surface area contributed by atoms with Crippen LogP contribution in [0.1, 0.15) is 6.92 Å². The molecule has 0 saturated carbocycles. The van der Waals surface area contributed by atoms with E-state index in [1.54, 1.807) is 24.0 Å². The van der Waals surface area contributed by atoms with Crippen molar-refractivity contribution in [1.29, 1.82) is 0 Å². The summed E-state index contributed by atoms with van der Waals surface area (Å²) in [6.07, 6.45) is 4.16. The number of anilines is 3. The summed E-state index contributed by atoms with van der Waals surface area (Å²) >= 11 is 0. The van der Waals surface area contributed by atoms with Crippen LogP contribution in [0.2, 0.25) is 0 Å². The van der Waals surface area contributed by atoms with Gasteiger partial charge >= 0.3 is 6.61 Å². The zero-order chi connectivity index (χ0) is 22.8. The van der Waals surface area contributed by atoms with Crippen molar-refractivity contribution in [3.8, 4) is 17.0 Å². The zero-order valence-corrected chi connectivity index (χ0v) is 17.6. The zero-order valence-electron chi connectivity index (χ0n) is 16.8. The van der Waals surface area contributed by atoms with E-state index >= 15 is 0 Å². The third-order valence-corrected chi connectivity index (χ3v) is 5.10. The molecule has 31 heavy (non-hydrogen) atoms. The number of nitrogens with one attached hydrogen (secondary N) is 2. The lowest BCUT2D eigenvalue weighted by Gasteiger charge is -2.15. The van der Waals surface area contributed by atoms with Crippen LogP contribution in [0.5, 0.6) is 5.75 Å². The standard InChI is InChI=1S/C19H19F2N5O4S/c1-11(27)23-18-9-17(15(10-22-18)16-4-5-26(2)25-16)24-12-6-13(30-19(20)21)8-14(7-12)31(3,28)29/h4-10,19H,1-3H3,(H2,22,23,24,27). The van der Waals surface area contributed by atoms with E-state index in [9.17, 15) is 22.0 Å². The first kappa shape index (κ1) is 22.2. The summed E-state index contributed by atoms with van der Waals surface area (Å²) in [5.41, 5.74) is 1.67. The molecule has 2 heterocycles. The van der Waals surface area contributed by atoms with Gasteiger partial charge in [-0.3, -0.25) is 9.48 Å². The molecule has 0 aliphatic carbocycles. The third-order valence-electron chi connectivity index (χ3n) is 4.01. The molecule has 0 atom stereocenters. The summed E-state index contributed by atoms with van der Waals surface area (Å²) in [5.74, 6) is -0.426. The number of rotatable bonds is 7. The fourth-order valence-corrected chi connectivity index (χ4v) is 3.43. The molecule has 3 aromatic rings. The molecule has 0 fully saturated rings. The minimum atomic E-state index is -3.71. The Morgan fingerprint density at radius 1 is 1.23 bits per heavy atom. The maximum Gasteiger partial charge on any atom is 0.387 e. The number of benzene rings is 1. The summed E-state index contributed by atoms with van der Waals surface area (Å²) in [4.78, 5) is 15.4. The molecule has 0 radical (unpaired) electrons. The molecular weight excluding hydrogens is 432 g/mol. The highest BCUT2D eigenvalue weighted by atomic mass is 32.2. The molecule has 0 aliphatic heterocycles. The van der Waals surface area contributed by atoms with Crippen molar-refractivity contribution in [2.45, 2.75) is 18.4 Å². The molecule has 0 bridgehead atoms. The van der Waals surface area contributed by atoms with Gasteiger partial charge in [-0.25, -0.2) is 13.4 Å². The molecule has 9 nitrogen and oxygen atoms in total. The second-order valence-electron chi connectivity index (χ2n) is 6.64. The number of hydrogen-bond acceptors (Lipinski definition) is 7. The van der Waals surface area contributed by atoms with Crippen LogP contribution in [0.3, 0.4) is 0 Å². The number of aromatic nitrogens is 3. The van der Waals surface area contributed by atoms with Gasteiger partial charge in [0.15, 0.2) is 9.84 Å². The van der Waals surface area contributed by atoms with Gasteiger partial charge in [0.1, 0.15) is 11.6 Å². The van der Waals surface area contributed by atoms with Crippen LogP contribution < -0.4 is 15.4 Å². The van der Waals surface area contributed by atoms with Crippen LogP contribution >= 0.6 is 0 Å². The number of alkyl halides is 2. The lowest BCUT2D eigenvalue weighted by molar-refractivity contribution is -0.114. The van der Waals surface area contributed by atoms with E-state index in [-0.39, 0.29) is 28.1 Å². The minimum absolute atomic E-state index is 0.177. The topological polar surface area (TPSA) is 115 Å². The second-order valence-corrected chi connectivity index (χ2v) is 8.66. The predicted octanol–water partition coefficient (Wildman–Crippen LogP) is 3.19. The fraction of sp³-hybridized carbons (Fsp3) is 0.211. The molecule has 164 valence electrons. The van der Waals surface area contributed by atoms with Gasteiger partial charge in [-0.05, 0) is 18.2 Å². The van der Waals surface area contributed by atoms with E-state index < -0.39 is 16.4 Å². The van der Waals surface area contributed by atoms with Crippen molar-refractivity contribution in [2.75, 3.05) is 16.9 Å². The van der Waals surface area contributed by atoms with Crippen molar-refractivity contribution in [3.05, 3.63) is 42.7 Å². The molecule has 12 heteroatoms. The number of halogens is 2. The number of nitrogens with zero attached hydrogens (tertiary/aromatic N) is 3. The first-order chi connectivity index (χ1) is 14.5. The molecule has 3 rings (SSSR count). The van der Waals surface area contributed by atoms with Gasteiger partial charge in [0.2, 0.25) is 5.91 Å². The normalized spacial score (nSPS) is 11.4. The van der Waals surface area contributed by atoms with Crippen LogP contribution in [0.15, 0.2) is 47.6 Å². The Bertz CT molecular complexity index is 1230. The number of pyridine rings is 1. The van der Waals surface area contributed by atoms with E-state index in [4.69, 9.17) is 0 Å². The number of amides is 1. The van der Waals surface area contributed by atoms with Gasteiger partial charge in [-0.1, -0.05) is 0 Å². The quantitative estimate of drug-likeness (QED) is 0.567. The minimum Gasteiger partial charge on any atom is -0.435 e. The SMILES string of the molecule is CC(=O)Nc1cc(Nc2cc(OC(F)F)cc(S(C)(=O)=O)c2)c(-c2ccn(C)n2)cn1.